The van der Waals surface area contributed by atoms with Crippen LogP contribution >= 0.6 is 0 Å². The quantitative estimate of drug-likeness (QED) is 0.386. The van der Waals surface area contributed by atoms with Gasteiger partial charge in [-0.15, -0.1) is 0 Å². The fourth-order valence-corrected chi connectivity index (χ4v) is 5.72. The van der Waals surface area contributed by atoms with Gasteiger partial charge in [-0.25, -0.2) is 4.79 Å². The van der Waals surface area contributed by atoms with E-state index in [1.54, 1.807) is 0 Å². The van der Waals surface area contributed by atoms with E-state index >= 15 is 0 Å². The van der Waals surface area contributed by atoms with Gasteiger partial charge in [0.15, 0.2) is 5.79 Å². The first-order chi connectivity index (χ1) is 13.5. The van der Waals surface area contributed by atoms with Crippen molar-refractivity contribution in [2.45, 2.75) is 60.6 Å². The molecule has 4 bridgehead atoms. The molecule has 4 aliphatic carbocycles. The number of esters is 1. The van der Waals surface area contributed by atoms with Gasteiger partial charge in [0.1, 0.15) is 18.8 Å². The normalized spacial score (nSPS) is 39.0. The van der Waals surface area contributed by atoms with E-state index in [1.807, 2.05) is 0 Å². The Morgan fingerprint density at radius 1 is 0.967 bits per heavy atom. The molecule has 0 aromatic rings. The second-order valence-electron chi connectivity index (χ2n) is 8.62. The third-order valence-corrected chi connectivity index (χ3v) is 7.45. The van der Waals surface area contributed by atoms with Crippen molar-refractivity contribution in [3.8, 4) is 0 Å². The van der Waals surface area contributed by atoms with Crippen molar-refractivity contribution in [3.63, 3.8) is 0 Å². The van der Waals surface area contributed by atoms with Crippen molar-refractivity contribution < 1.29 is 58.3 Å². The summed E-state index contributed by atoms with van der Waals surface area (Å²) in [4.78, 5) is 11.8. The van der Waals surface area contributed by atoms with E-state index in [4.69, 9.17) is 18.8 Å². The second-order valence-corrected chi connectivity index (χ2v) is 10.1. The van der Waals surface area contributed by atoms with E-state index in [1.165, 1.54) is 0 Å². The molecule has 2 unspecified atom stereocenters. The standard InChI is InChI=1S/C16H18F6O7S/c17-13(18)6-27-15(28-7-14(13,19)20)9-1-8-2-10(15)5-12(3-8,4-9)29-11(23)16(21,22)30(24,25)26/h8-10H,1-7H2,(H,24,25,26)/t8?,9-,10+,12?. The fourth-order valence-electron chi connectivity index (χ4n) is 5.47. The van der Waals surface area contributed by atoms with E-state index in [0.29, 0.717) is 12.8 Å². The molecule has 5 fully saturated rings. The van der Waals surface area contributed by atoms with Crippen LogP contribution in [0.25, 0.3) is 0 Å². The lowest BCUT2D eigenvalue weighted by Crippen LogP contribution is -2.67. The maximum atomic E-state index is 13.7. The summed E-state index contributed by atoms with van der Waals surface area (Å²) < 4.78 is 128. The largest absolute Gasteiger partial charge is 0.465 e. The van der Waals surface area contributed by atoms with Gasteiger partial charge in [0.25, 0.3) is 0 Å². The Labute approximate surface area is 166 Å². The molecule has 1 heterocycles. The predicted octanol–water partition coefficient (Wildman–Crippen LogP) is 2.60. The van der Waals surface area contributed by atoms with Crippen LogP contribution in [-0.2, 0) is 29.1 Å². The van der Waals surface area contributed by atoms with Crippen LogP contribution in [0.15, 0.2) is 0 Å². The molecule has 5 aliphatic rings. The Bertz CT molecular complexity index is 824. The minimum Gasteiger partial charge on any atom is -0.454 e. The smallest absolute Gasteiger partial charge is 0.454 e. The first-order valence-corrected chi connectivity index (χ1v) is 10.6. The number of hydrogen-bond acceptors (Lipinski definition) is 6. The SMILES string of the molecule is O=C(OC12CC3C[C@H](C1)C1(OCC(F)(F)C(F)(F)CO1)[C@@H](C3)C2)C(F)(F)S(=O)(=O)O. The van der Waals surface area contributed by atoms with Gasteiger partial charge < -0.3 is 14.2 Å². The second kappa shape index (κ2) is 6.23. The molecule has 7 nitrogen and oxygen atoms in total. The van der Waals surface area contributed by atoms with Crippen molar-refractivity contribution in [3.05, 3.63) is 0 Å². The molecule has 0 aromatic heterocycles. The molecule has 0 radical (unpaired) electrons. The van der Waals surface area contributed by atoms with E-state index < -0.39 is 69.6 Å². The lowest BCUT2D eigenvalue weighted by Gasteiger charge is -2.63. The fraction of sp³-hybridized carbons (Fsp3) is 0.938. The van der Waals surface area contributed by atoms with Crippen LogP contribution < -0.4 is 0 Å². The summed E-state index contributed by atoms with van der Waals surface area (Å²) >= 11 is 0. The van der Waals surface area contributed by atoms with Crippen LogP contribution in [0.2, 0.25) is 0 Å². The highest BCUT2D eigenvalue weighted by molar-refractivity contribution is 7.87. The lowest BCUT2D eigenvalue weighted by molar-refractivity contribution is -0.355. The van der Waals surface area contributed by atoms with Crippen LogP contribution in [0, 0.1) is 17.8 Å². The Hall–Kier alpha value is -1.12. The molecule has 30 heavy (non-hydrogen) atoms. The molecular weight excluding hydrogens is 450 g/mol. The number of carbonyl (C=O) groups excluding carboxylic acids is 1. The zero-order chi connectivity index (χ0) is 22.4. The van der Waals surface area contributed by atoms with E-state index in [-0.39, 0.29) is 25.2 Å². The number of ether oxygens (including phenoxy) is 3. The van der Waals surface area contributed by atoms with Gasteiger partial charge in [-0.1, -0.05) is 0 Å². The van der Waals surface area contributed by atoms with Crippen LogP contribution in [-0.4, -0.2) is 60.6 Å². The molecule has 14 heteroatoms. The van der Waals surface area contributed by atoms with E-state index in [2.05, 4.69) is 0 Å². The highest BCUT2D eigenvalue weighted by Gasteiger charge is 2.70. The van der Waals surface area contributed by atoms with Crippen molar-refractivity contribution in [1.82, 2.24) is 0 Å². The number of halogens is 6. The van der Waals surface area contributed by atoms with Crippen LogP contribution in [0.1, 0.15) is 32.1 Å². The zero-order valence-corrected chi connectivity index (χ0v) is 16.1. The molecule has 1 saturated heterocycles. The van der Waals surface area contributed by atoms with Gasteiger partial charge in [0.05, 0.1) is 0 Å². The topological polar surface area (TPSA) is 99.1 Å². The minimum absolute atomic E-state index is 0.107. The summed E-state index contributed by atoms with van der Waals surface area (Å²) in [5, 5.41) is -5.19. The van der Waals surface area contributed by atoms with Crippen molar-refractivity contribution in [2.75, 3.05) is 13.2 Å². The molecule has 4 atom stereocenters. The molecule has 4 saturated carbocycles. The predicted molar refractivity (Wildman–Crippen MR) is 83.4 cm³/mol. The first-order valence-electron chi connectivity index (χ1n) is 9.15. The van der Waals surface area contributed by atoms with Gasteiger partial charge in [-0.05, 0) is 38.0 Å². The summed E-state index contributed by atoms with van der Waals surface area (Å²) in [5.41, 5.74) is -1.56. The monoisotopic (exact) mass is 468 g/mol. The van der Waals surface area contributed by atoms with Crippen LogP contribution in [0.5, 0.6) is 0 Å². The average Bonchev–Trinajstić information content (AvgIpc) is 2.67. The highest BCUT2D eigenvalue weighted by atomic mass is 32.2. The summed E-state index contributed by atoms with van der Waals surface area (Å²) in [6.45, 7) is -3.18. The molecule has 0 amide bonds. The van der Waals surface area contributed by atoms with E-state index in [9.17, 15) is 39.6 Å². The number of carbonyl (C=O) groups is 1. The first kappa shape index (κ1) is 22.1. The van der Waals surface area contributed by atoms with Gasteiger partial charge in [-0.3, -0.25) is 4.55 Å². The highest BCUT2D eigenvalue weighted by Crippen LogP contribution is 2.64. The summed E-state index contributed by atoms with van der Waals surface area (Å²) in [6.07, 6.45) is 0.258. The molecule has 1 spiro atoms. The molecule has 0 aromatic carbocycles. The lowest BCUT2D eigenvalue weighted by atomic mass is 9.51. The Morgan fingerprint density at radius 2 is 1.43 bits per heavy atom. The zero-order valence-electron chi connectivity index (χ0n) is 15.3. The van der Waals surface area contributed by atoms with Crippen LogP contribution in [0.4, 0.5) is 26.3 Å². The maximum absolute atomic E-state index is 13.7. The summed E-state index contributed by atoms with van der Waals surface area (Å²) in [6, 6.07) is 0. The summed E-state index contributed by atoms with van der Waals surface area (Å²) in [7, 11) is -6.07. The average molecular weight is 468 g/mol. The Balaban J connectivity index is 1.59. The summed E-state index contributed by atoms with van der Waals surface area (Å²) in [5.74, 6) is -15.0. The van der Waals surface area contributed by atoms with Gasteiger partial charge >= 0.3 is 33.2 Å². The molecule has 5 rings (SSSR count). The molecular formula is C16H18F6O7S. The van der Waals surface area contributed by atoms with Crippen molar-refractivity contribution in [2.24, 2.45) is 17.8 Å². The van der Waals surface area contributed by atoms with Crippen molar-refractivity contribution >= 4 is 16.1 Å². The maximum Gasteiger partial charge on any atom is 0.465 e. The Kier molecular flexibility index (Phi) is 4.58. The third kappa shape index (κ3) is 3.05. The molecule has 1 N–H and O–H groups in total. The molecule has 172 valence electrons. The number of rotatable bonds is 3. The third-order valence-electron chi connectivity index (χ3n) is 6.64. The van der Waals surface area contributed by atoms with Gasteiger partial charge in [0.2, 0.25) is 0 Å². The van der Waals surface area contributed by atoms with Crippen LogP contribution in [0.3, 0.4) is 0 Å². The molecule has 1 aliphatic heterocycles. The van der Waals surface area contributed by atoms with Crippen molar-refractivity contribution in [1.29, 1.82) is 0 Å². The minimum atomic E-state index is -6.07. The van der Waals surface area contributed by atoms with Gasteiger partial charge in [-0.2, -0.15) is 34.8 Å². The number of hydrogen-bond donors (Lipinski definition) is 1. The Morgan fingerprint density at radius 3 is 1.87 bits per heavy atom. The number of alkyl halides is 6. The van der Waals surface area contributed by atoms with Gasteiger partial charge in [0, 0.05) is 11.8 Å². The van der Waals surface area contributed by atoms with E-state index in [0.717, 1.165) is 0 Å².